The van der Waals surface area contributed by atoms with Crippen molar-refractivity contribution in [3.05, 3.63) is 22.7 Å². The van der Waals surface area contributed by atoms with Gasteiger partial charge >= 0.3 is 6.18 Å². The highest BCUT2D eigenvalue weighted by atomic mass is 19.4. The number of nitrogens with zero attached hydrogens (tertiary/aromatic N) is 2. The van der Waals surface area contributed by atoms with Gasteiger partial charge in [-0.1, -0.05) is 0 Å². The standard InChI is InChI=1S/C11H15F3N4O/c12-11(13,14)6-18-2-1-8(5-18)4-15-9-3-10(19)17-7-16-9/h3,7-8H,1-2,4-6H2,(H2,15,16,17,19). The zero-order valence-electron chi connectivity index (χ0n) is 10.2. The zero-order valence-corrected chi connectivity index (χ0v) is 10.2. The van der Waals surface area contributed by atoms with E-state index in [0.29, 0.717) is 31.9 Å². The Bertz CT molecular complexity index is 473. The minimum Gasteiger partial charge on any atom is -0.370 e. The largest absolute Gasteiger partial charge is 0.401 e. The van der Waals surface area contributed by atoms with Gasteiger partial charge in [-0.25, -0.2) is 4.98 Å². The van der Waals surface area contributed by atoms with E-state index in [4.69, 9.17) is 0 Å². The average Bonchev–Trinajstić information content (AvgIpc) is 2.72. The molecule has 1 fully saturated rings. The summed E-state index contributed by atoms with van der Waals surface area (Å²) >= 11 is 0. The Morgan fingerprint density at radius 1 is 1.53 bits per heavy atom. The maximum absolute atomic E-state index is 12.2. The van der Waals surface area contributed by atoms with Crippen molar-refractivity contribution in [2.75, 3.05) is 31.5 Å². The summed E-state index contributed by atoms with van der Waals surface area (Å²) in [5, 5.41) is 2.97. The van der Waals surface area contributed by atoms with Gasteiger partial charge in [-0.05, 0) is 18.9 Å². The van der Waals surface area contributed by atoms with Gasteiger partial charge in [0.2, 0.25) is 0 Å². The first-order valence-corrected chi connectivity index (χ1v) is 6.00. The molecule has 106 valence electrons. The highest BCUT2D eigenvalue weighted by molar-refractivity contribution is 5.31. The maximum Gasteiger partial charge on any atom is 0.401 e. The van der Waals surface area contributed by atoms with Gasteiger partial charge in [0.15, 0.2) is 0 Å². The van der Waals surface area contributed by atoms with Crippen LogP contribution >= 0.6 is 0 Å². The van der Waals surface area contributed by atoms with E-state index in [-0.39, 0.29) is 11.5 Å². The third-order valence-corrected chi connectivity index (χ3v) is 3.02. The van der Waals surface area contributed by atoms with Crippen LogP contribution in [-0.2, 0) is 0 Å². The minimum atomic E-state index is -4.14. The van der Waals surface area contributed by atoms with Crippen LogP contribution in [0.5, 0.6) is 0 Å². The topological polar surface area (TPSA) is 61.0 Å². The monoisotopic (exact) mass is 276 g/mol. The quantitative estimate of drug-likeness (QED) is 0.863. The van der Waals surface area contributed by atoms with Gasteiger partial charge < -0.3 is 10.3 Å². The number of H-pyrrole nitrogens is 1. The summed E-state index contributed by atoms with van der Waals surface area (Å²) in [6.45, 7) is 0.530. The van der Waals surface area contributed by atoms with Gasteiger partial charge in [-0.3, -0.25) is 9.69 Å². The molecule has 0 amide bonds. The first-order valence-electron chi connectivity index (χ1n) is 6.00. The van der Waals surface area contributed by atoms with E-state index in [1.165, 1.54) is 17.3 Å². The van der Waals surface area contributed by atoms with E-state index in [1.54, 1.807) is 0 Å². The van der Waals surface area contributed by atoms with Crippen molar-refractivity contribution in [2.45, 2.75) is 12.6 Å². The molecule has 19 heavy (non-hydrogen) atoms. The number of hydrogen-bond donors (Lipinski definition) is 2. The fourth-order valence-corrected chi connectivity index (χ4v) is 2.19. The molecule has 1 saturated heterocycles. The van der Waals surface area contributed by atoms with Crippen molar-refractivity contribution in [1.82, 2.24) is 14.9 Å². The van der Waals surface area contributed by atoms with Crippen molar-refractivity contribution in [3.63, 3.8) is 0 Å². The van der Waals surface area contributed by atoms with Crippen LogP contribution in [0, 0.1) is 5.92 Å². The van der Waals surface area contributed by atoms with Gasteiger partial charge in [0, 0.05) is 19.2 Å². The van der Waals surface area contributed by atoms with Crippen molar-refractivity contribution in [2.24, 2.45) is 5.92 Å². The van der Waals surface area contributed by atoms with E-state index in [1.807, 2.05) is 0 Å². The molecule has 1 unspecified atom stereocenters. The molecule has 0 aliphatic carbocycles. The summed E-state index contributed by atoms with van der Waals surface area (Å²) in [5.41, 5.74) is -0.261. The Morgan fingerprint density at radius 3 is 3.00 bits per heavy atom. The molecule has 0 radical (unpaired) electrons. The van der Waals surface area contributed by atoms with Crippen LogP contribution in [0.15, 0.2) is 17.2 Å². The molecule has 0 spiro atoms. The number of halogens is 3. The van der Waals surface area contributed by atoms with Gasteiger partial charge in [0.05, 0.1) is 12.9 Å². The second kappa shape index (κ2) is 5.60. The molecule has 0 saturated carbocycles. The lowest BCUT2D eigenvalue weighted by Crippen LogP contribution is -2.33. The van der Waals surface area contributed by atoms with Crippen molar-refractivity contribution < 1.29 is 13.2 Å². The first kappa shape index (κ1) is 13.9. The summed E-state index contributed by atoms with van der Waals surface area (Å²) in [6, 6.07) is 1.32. The minimum absolute atomic E-state index is 0.142. The third kappa shape index (κ3) is 4.55. The van der Waals surface area contributed by atoms with Crippen LogP contribution in [0.25, 0.3) is 0 Å². The van der Waals surface area contributed by atoms with E-state index >= 15 is 0 Å². The van der Waals surface area contributed by atoms with Crippen LogP contribution in [-0.4, -0.2) is 47.2 Å². The third-order valence-electron chi connectivity index (χ3n) is 3.02. The van der Waals surface area contributed by atoms with Crippen LogP contribution in [0.2, 0.25) is 0 Å². The number of aromatic amines is 1. The zero-order chi connectivity index (χ0) is 13.9. The molecule has 2 rings (SSSR count). The van der Waals surface area contributed by atoms with E-state index in [0.717, 1.165) is 0 Å². The van der Waals surface area contributed by atoms with Crippen molar-refractivity contribution >= 4 is 5.82 Å². The maximum atomic E-state index is 12.2. The Balaban J connectivity index is 1.78. The number of anilines is 1. The lowest BCUT2D eigenvalue weighted by molar-refractivity contribution is -0.143. The van der Waals surface area contributed by atoms with Gasteiger partial charge in [-0.2, -0.15) is 13.2 Å². The number of hydrogen-bond acceptors (Lipinski definition) is 4. The second-order valence-corrected chi connectivity index (χ2v) is 4.68. The SMILES string of the molecule is O=c1cc(NCC2CCN(CC(F)(F)F)C2)nc[nH]1. The van der Waals surface area contributed by atoms with E-state index in [2.05, 4.69) is 15.3 Å². The normalized spacial score (nSPS) is 20.7. The number of rotatable bonds is 4. The fraction of sp³-hybridized carbons (Fsp3) is 0.636. The molecule has 2 heterocycles. The van der Waals surface area contributed by atoms with Crippen LogP contribution in [0.3, 0.4) is 0 Å². The summed E-state index contributed by atoms with van der Waals surface area (Å²) in [4.78, 5) is 18.7. The first-order chi connectivity index (χ1) is 8.92. The highest BCUT2D eigenvalue weighted by Crippen LogP contribution is 2.22. The fourth-order valence-electron chi connectivity index (χ4n) is 2.19. The number of aromatic nitrogens is 2. The molecule has 1 atom stereocenters. The van der Waals surface area contributed by atoms with E-state index < -0.39 is 12.7 Å². The summed E-state index contributed by atoms with van der Waals surface area (Å²) in [7, 11) is 0. The molecular weight excluding hydrogens is 261 g/mol. The highest BCUT2D eigenvalue weighted by Gasteiger charge is 2.34. The molecule has 1 aromatic heterocycles. The molecule has 1 aliphatic rings. The molecule has 1 aromatic rings. The Labute approximate surface area is 107 Å². The number of nitrogens with one attached hydrogen (secondary N) is 2. The molecule has 0 aromatic carbocycles. The van der Waals surface area contributed by atoms with Gasteiger partial charge in [-0.15, -0.1) is 0 Å². The summed E-state index contributed by atoms with van der Waals surface area (Å²) < 4.78 is 36.7. The van der Waals surface area contributed by atoms with Crippen LogP contribution in [0.1, 0.15) is 6.42 Å². The molecular formula is C11H15F3N4O. The Kier molecular flexibility index (Phi) is 4.08. The number of alkyl halides is 3. The van der Waals surface area contributed by atoms with Gasteiger partial charge in [0.25, 0.3) is 5.56 Å². The molecule has 5 nitrogen and oxygen atoms in total. The smallest absolute Gasteiger partial charge is 0.370 e. The predicted molar refractivity (Wildman–Crippen MR) is 63.9 cm³/mol. The van der Waals surface area contributed by atoms with Crippen molar-refractivity contribution in [1.29, 1.82) is 0 Å². The van der Waals surface area contributed by atoms with Gasteiger partial charge in [0.1, 0.15) is 5.82 Å². The van der Waals surface area contributed by atoms with Crippen LogP contribution < -0.4 is 10.9 Å². The number of likely N-dealkylation sites (tertiary alicyclic amines) is 1. The second-order valence-electron chi connectivity index (χ2n) is 4.68. The van der Waals surface area contributed by atoms with Crippen LogP contribution in [0.4, 0.5) is 19.0 Å². The summed E-state index contributed by atoms with van der Waals surface area (Å²) in [6.07, 6.45) is -2.14. The predicted octanol–water partition coefficient (Wildman–Crippen LogP) is 1.07. The lowest BCUT2D eigenvalue weighted by atomic mass is 10.1. The Morgan fingerprint density at radius 2 is 2.32 bits per heavy atom. The molecule has 8 heteroatoms. The summed E-state index contributed by atoms with van der Waals surface area (Å²) in [5.74, 6) is 0.585. The molecule has 2 N–H and O–H groups in total. The molecule has 1 aliphatic heterocycles. The Hall–Kier alpha value is -1.57. The lowest BCUT2D eigenvalue weighted by Gasteiger charge is -2.18. The van der Waals surface area contributed by atoms with Crippen molar-refractivity contribution in [3.8, 4) is 0 Å². The van der Waals surface area contributed by atoms with E-state index in [9.17, 15) is 18.0 Å². The average molecular weight is 276 g/mol. The molecule has 0 bridgehead atoms.